The predicted octanol–water partition coefficient (Wildman–Crippen LogP) is 3.02. The maximum Gasteiger partial charge on any atom is 0.224 e. The SMILES string of the molecule is O[C@@H]1CCN(c2ccnc(NCc3ccc4[nH]c5c(c4c3)CCCC5)n2)C1. The molecule has 1 fully saturated rings. The van der Waals surface area contributed by atoms with Gasteiger partial charge in [-0.2, -0.15) is 4.98 Å². The molecular formula is C21H25N5O. The summed E-state index contributed by atoms with van der Waals surface area (Å²) in [6.07, 6.45) is 7.25. The van der Waals surface area contributed by atoms with Crippen LogP contribution in [-0.4, -0.2) is 39.3 Å². The number of nitrogens with zero attached hydrogens (tertiary/aromatic N) is 3. The van der Waals surface area contributed by atoms with Gasteiger partial charge in [-0.05, 0) is 61.4 Å². The molecule has 140 valence electrons. The van der Waals surface area contributed by atoms with Crippen LogP contribution >= 0.6 is 0 Å². The van der Waals surface area contributed by atoms with E-state index in [4.69, 9.17) is 0 Å². The van der Waals surface area contributed by atoms with E-state index in [9.17, 15) is 5.11 Å². The number of hydrogen-bond donors (Lipinski definition) is 3. The van der Waals surface area contributed by atoms with Crippen LogP contribution in [0, 0.1) is 0 Å². The summed E-state index contributed by atoms with van der Waals surface area (Å²) in [6, 6.07) is 8.55. The first-order valence-corrected chi connectivity index (χ1v) is 9.88. The molecule has 0 spiro atoms. The highest BCUT2D eigenvalue weighted by atomic mass is 16.3. The molecule has 0 unspecified atom stereocenters. The van der Waals surface area contributed by atoms with Crippen molar-refractivity contribution < 1.29 is 5.11 Å². The highest BCUT2D eigenvalue weighted by molar-refractivity contribution is 5.85. The Bertz CT molecular complexity index is 966. The molecule has 1 saturated heterocycles. The van der Waals surface area contributed by atoms with Crippen LogP contribution in [0.5, 0.6) is 0 Å². The molecule has 2 aliphatic rings. The Morgan fingerprint density at radius 2 is 2.15 bits per heavy atom. The van der Waals surface area contributed by atoms with Crippen molar-refractivity contribution in [2.75, 3.05) is 23.3 Å². The Morgan fingerprint density at radius 1 is 1.22 bits per heavy atom. The van der Waals surface area contributed by atoms with Gasteiger partial charge in [0.2, 0.25) is 5.95 Å². The molecule has 3 N–H and O–H groups in total. The number of aromatic nitrogens is 3. The van der Waals surface area contributed by atoms with Gasteiger partial charge in [-0.15, -0.1) is 0 Å². The van der Waals surface area contributed by atoms with Crippen molar-refractivity contribution >= 4 is 22.7 Å². The van der Waals surface area contributed by atoms with Crippen LogP contribution in [0.4, 0.5) is 11.8 Å². The van der Waals surface area contributed by atoms with E-state index in [0.717, 1.165) is 18.8 Å². The molecule has 3 aromatic rings. The van der Waals surface area contributed by atoms with E-state index in [1.54, 1.807) is 6.20 Å². The van der Waals surface area contributed by atoms with Crippen LogP contribution in [0.15, 0.2) is 30.5 Å². The van der Waals surface area contributed by atoms with Gasteiger partial charge in [0.25, 0.3) is 0 Å². The molecule has 6 nitrogen and oxygen atoms in total. The lowest BCUT2D eigenvalue weighted by Gasteiger charge is -2.17. The molecule has 1 aromatic carbocycles. The van der Waals surface area contributed by atoms with Gasteiger partial charge in [-0.25, -0.2) is 4.98 Å². The summed E-state index contributed by atoms with van der Waals surface area (Å²) in [7, 11) is 0. The second kappa shape index (κ2) is 6.85. The maximum absolute atomic E-state index is 9.73. The zero-order chi connectivity index (χ0) is 18.2. The van der Waals surface area contributed by atoms with Gasteiger partial charge in [-0.1, -0.05) is 6.07 Å². The molecule has 0 bridgehead atoms. The molecule has 1 aliphatic heterocycles. The highest BCUT2D eigenvalue weighted by Crippen LogP contribution is 2.30. The van der Waals surface area contributed by atoms with Crippen molar-refractivity contribution in [2.45, 2.75) is 44.8 Å². The Labute approximate surface area is 158 Å². The minimum absolute atomic E-state index is 0.254. The van der Waals surface area contributed by atoms with E-state index in [2.05, 4.69) is 43.4 Å². The summed E-state index contributed by atoms with van der Waals surface area (Å²) in [5, 5.41) is 14.4. The fraction of sp³-hybridized carbons (Fsp3) is 0.429. The number of fused-ring (bicyclic) bond motifs is 3. The largest absolute Gasteiger partial charge is 0.391 e. The van der Waals surface area contributed by atoms with Crippen LogP contribution in [0.25, 0.3) is 10.9 Å². The molecule has 1 aliphatic carbocycles. The summed E-state index contributed by atoms with van der Waals surface area (Å²) in [5.41, 5.74) is 5.41. The summed E-state index contributed by atoms with van der Waals surface area (Å²) in [5.74, 6) is 1.50. The molecule has 0 saturated carbocycles. The van der Waals surface area contributed by atoms with E-state index in [-0.39, 0.29) is 6.10 Å². The fourth-order valence-electron chi connectivity index (χ4n) is 4.30. The third kappa shape index (κ3) is 3.25. The molecule has 6 heteroatoms. The van der Waals surface area contributed by atoms with Gasteiger partial charge in [-0.3, -0.25) is 0 Å². The second-order valence-electron chi connectivity index (χ2n) is 7.65. The quantitative estimate of drug-likeness (QED) is 0.664. The van der Waals surface area contributed by atoms with E-state index >= 15 is 0 Å². The van der Waals surface area contributed by atoms with Crippen LogP contribution < -0.4 is 10.2 Å². The monoisotopic (exact) mass is 363 g/mol. The second-order valence-corrected chi connectivity index (χ2v) is 7.65. The van der Waals surface area contributed by atoms with Crippen molar-refractivity contribution in [2.24, 2.45) is 0 Å². The van der Waals surface area contributed by atoms with E-state index in [1.807, 2.05) is 6.07 Å². The molecule has 5 rings (SSSR count). The van der Waals surface area contributed by atoms with Gasteiger partial charge in [0.15, 0.2) is 0 Å². The minimum Gasteiger partial charge on any atom is -0.391 e. The van der Waals surface area contributed by atoms with Crippen molar-refractivity contribution in [1.82, 2.24) is 15.0 Å². The number of rotatable bonds is 4. The van der Waals surface area contributed by atoms with Crippen LogP contribution in [0.3, 0.4) is 0 Å². The number of aliphatic hydroxyl groups excluding tert-OH is 1. The summed E-state index contributed by atoms with van der Waals surface area (Å²) in [6.45, 7) is 2.18. The van der Waals surface area contributed by atoms with E-state index < -0.39 is 0 Å². The lowest BCUT2D eigenvalue weighted by Crippen LogP contribution is -2.22. The van der Waals surface area contributed by atoms with Gasteiger partial charge < -0.3 is 20.3 Å². The Morgan fingerprint density at radius 3 is 3.04 bits per heavy atom. The summed E-state index contributed by atoms with van der Waals surface area (Å²) >= 11 is 0. The van der Waals surface area contributed by atoms with Crippen LogP contribution in [0.2, 0.25) is 0 Å². The zero-order valence-electron chi connectivity index (χ0n) is 15.4. The first-order valence-electron chi connectivity index (χ1n) is 9.88. The number of aryl methyl sites for hydroxylation is 2. The van der Waals surface area contributed by atoms with Crippen LogP contribution in [0.1, 0.15) is 36.1 Å². The van der Waals surface area contributed by atoms with Gasteiger partial charge in [0.05, 0.1) is 6.10 Å². The molecule has 0 amide bonds. The first kappa shape index (κ1) is 16.6. The first-order chi connectivity index (χ1) is 13.3. The Balaban J connectivity index is 1.32. The number of benzene rings is 1. The summed E-state index contributed by atoms with van der Waals surface area (Å²) < 4.78 is 0. The number of nitrogens with one attached hydrogen (secondary N) is 2. The lowest BCUT2D eigenvalue weighted by atomic mass is 9.95. The van der Waals surface area contributed by atoms with E-state index in [0.29, 0.717) is 19.0 Å². The number of β-amino-alcohol motifs (C(OH)–C–C–N with tert-alkyl or cyclic N) is 1. The molecular weight excluding hydrogens is 338 g/mol. The number of aromatic amines is 1. The normalized spacial score (nSPS) is 19.4. The average molecular weight is 363 g/mol. The summed E-state index contributed by atoms with van der Waals surface area (Å²) in [4.78, 5) is 14.7. The third-order valence-corrected chi connectivity index (χ3v) is 5.74. The molecule has 1 atom stereocenters. The molecule has 0 radical (unpaired) electrons. The Hall–Kier alpha value is -2.60. The van der Waals surface area contributed by atoms with Gasteiger partial charge in [0.1, 0.15) is 5.82 Å². The van der Waals surface area contributed by atoms with E-state index in [1.165, 1.54) is 53.4 Å². The third-order valence-electron chi connectivity index (χ3n) is 5.74. The zero-order valence-corrected chi connectivity index (χ0v) is 15.4. The number of anilines is 2. The smallest absolute Gasteiger partial charge is 0.224 e. The van der Waals surface area contributed by atoms with Gasteiger partial charge in [0, 0.05) is 42.4 Å². The van der Waals surface area contributed by atoms with Crippen LogP contribution in [-0.2, 0) is 19.4 Å². The standard InChI is InChI=1S/C21H25N5O/c27-15-8-10-26(13-15)20-7-9-22-21(25-20)23-12-14-5-6-19-17(11-14)16-3-1-2-4-18(16)24-19/h5-7,9,11,15,24,27H,1-4,8,10,12-13H2,(H,22,23,25)/t15-/m1/s1. The lowest BCUT2D eigenvalue weighted by molar-refractivity contribution is 0.198. The maximum atomic E-state index is 9.73. The molecule has 2 aromatic heterocycles. The predicted molar refractivity (Wildman–Crippen MR) is 107 cm³/mol. The van der Waals surface area contributed by atoms with Crippen molar-refractivity contribution in [3.8, 4) is 0 Å². The number of aliphatic hydroxyl groups is 1. The van der Waals surface area contributed by atoms with Crippen molar-refractivity contribution in [3.05, 3.63) is 47.3 Å². The minimum atomic E-state index is -0.254. The molecule has 3 heterocycles. The fourth-order valence-corrected chi connectivity index (χ4v) is 4.30. The highest BCUT2D eigenvalue weighted by Gasteiger charge is 2.21. The van der Waals surface area contributed by atoms with Crippen molar-refractivity contribution in [1.29, 1.82) is 0 Å². The van der Waals surface area contributed by atoms with Gasteiger partial charge >= 0.3 is 0 Å². The topological polar surface area (TPSA) is 77.1 Å². The average Bonchev–Trinajstić information content (AvgIpc) is 3.30. The molecule has 27 heavy (non-hydrogen) atoms. The number of H-pyrrole nitrogens is 1. The Kier molecular flexibility index (Phi) is 4.20. The number of hydrogen-bond acceptors (Lipinski definition) is 5. The van der Waals surface area contributed by atoms with Crippen molar-refractivity contribution in [3.63, 3.8) is 0 Å².